The topological polar surface area (TPSA) is 88.2 Å². The summed E-state index contributed by atoms with van der Waals surface area (Å²) in [7, 11) is 1.58. The number of hydrogen-bond acceptors (Lipinski definition) is 5. The van der Waals surface area contributed by atoms with Crippen molar-refractivity contribution in [1.29, 1.82) is 0 Å². The fraction of sp³-hybridized carbons (Fsp3) is 0.818. The highest BCUT2D eigenvalue weighted by Gasteiger charge is 2.39. The average Bonchev–Trinajstić information content (AvgIpc) is 2.43. The number of oxime groups is 1. The van der Waals surface area contributed by atoms with Crippen LogP contribution in [0.2, 0.25) is 0 Å². The molecule has 7 heteroatoms. The van der Waals surface area contributed by atoms with Crippen LogP contribution in [0.3, 0.4) is 0 Å². The van der Waals surface area contributed by atoms with Gasteiger partial charge < -0.3 is 20.6 Å². The Hall–Kier alpha value is -0.950. The number of amidine groups is 1. The molecule has 1 heterocycles. The summed E-state index contributed by atoms with van der Waals surface area (Å²) in [5.41, 5.74) is 5.75. The standard InChI is InChI=1S/C11H21N3O3S/c1-17-8-3-9(15)14-6-4-11(18-2,5-7-14)10(12)13-16/h16H,3-8H2,1-2H3,(H2,12,13). The van der Waals surface area contributed by atoms with E-state index in [9.17, 15) is 4.79 Å². The van der Waals surface area contributed by atoms with E-state index in [1.54, 1.807) is 18.9 Å². The van der Waals surface area contributed by atoms with Crippen LogP contribution in [0.25, 0.3) is 0 Å². The van der Waals surface area contributed by atoms with E-state index < -0.39 is 0 Å². The van der Waals surface area contributed by atoms with E-state index in [4.69, 9.17) is 15.7 Å². The molecule has 1 amide bonds. The maximum atomic E-state index is 11.8. The van der Waals surface area contributed by atoms with Gasteiger partial charge in [-0.25, -0.2) is 0 Å². The molecule has 1 aliphatic rings. The van der Waals surface area contributed by atoms with Crippen LogP contribution in [-0.4, -0.2) is 59.7 Å². The Morgan fingerprint density at radius 3 is 2.61 bits per heavy atom. The second-order valence-electron chi connectivity index (χ2n) is 4.31. The molecule has 1 rings (SSSR count). The SMILES string of the molecule is COCCC(=O)N1CCC(SC)(C(N)=NO)CC1. The highest BCUT2D eigenvalue weighted by atomic mass is 32.2. The van der Waals surface area contributed by atoms with Gasteiger partial charge in [0, 0.05) is 20.2 Å². The Balaban J connectivity index is 2.56. The van der Waals surface area contributed by atoms with Crippen molar-refractivity contribution in [3.63, 3.8) is 0 Å². The first-order valence-corrected chi connectivity index (χ1v) is 7.12. The molecule has 1 saturated heterocycles. The van der Waals surface area contributed by atoms with Crippen molar-refractivity contribution in [2.24, 2.45) is 10.9 Å². The van der Waals surface area contributed by atoms with Crippen LogP contribution < -0.4 is 5.73 Å². The third kappa shape index (κ3) is 3.29. The lowest BCUT2D eigenvalue weighted by molar-refractivity contribution is -0.133. The molecular formula is C11H21N3O3S. The van der Waals surface area contributed by atoms with E-state index >= 15 is 0 Å². The van der Waals surface area contributed by atoms with Gasteiger partial charge in [-0.1, -0.05) is 5.16 Å². The number of rotatable bonds is 5. The van der Waals surface area contributed by atoms with Crippen molar-refractivity contribution in [2.75, 3.05) is 33.1 Å². The minimum Gasteiger partial charge on any atom is -0.409 e. The molecule has 0 aromatic carbocycles. The van der Waals surface area contributed by atoms with Crippen molar-refractivity contribution in [2.45, 2.75) is 24.0 Å². The highest BCUT2D eigenvalue weighted by molar-refractivity contribution is 8.00. The summed E-state index contributed by atoms with van der Waals surface area (Å²) >= 11 is 1.58. The number of hydrogen-bond donors (Lipinski definition) is 2. The molecule has 0 radical (unpaired) electrons. The number of nitrogens with zero attached hydrogens (tertiary/aromatic N) is 2. The third-order valence-electron chi connectivity index (χ3n) is 3.41. The van der Waals surface area contributed by atoms with Gasteiger partial charge >= 0.3 is 0 Å². The first-order valence-electron chi connectivity index (χ1n) is 5.89. The zero-order chi connectivity index (χ0) is 13.6. The first-order chi connectivity index (χ1) is 8.59. The van der Waals surface area contributed by atoms with Gasteiger partial charge in [-0.15, -0.1) is 0 Å². The number of methoxy groups -OCH3 is 1. The number of piperidine rings is 1. The lowest BCUT2D eigenvalue weighted by Gasteiger charge is -2.39. The van der Waals surface area contributed by atoms with Gasteiger partial charge in [0.05, 0.1) is 17.8 Å². The van der Waals surface area contributed by atoms with Crippen LogP contribution in [0.1, 0.15) is 19.3 Å². The summed E-state index contributed by atoms with van der Waals surface area (Å²) in [5.74, 6) is 0.352. The Bertz CT molecular complexity index is 315. The second kappa shape index (κ2) is 6.84. The molecule has 0 aromatic rings. The van der Waals surface area contributed by atoms with Gasteiger partial charge in [-0.2, -0.15) is 11.8 Å². The predicted octanol–water partition coefficient (Wildman–Crippen LogP) is 0.494. The van der Waals surface area contributed by atoms with Gasteiger partial charge in [0.2, 0.25) is 5.91 Å². The minimum atomic E-state index is -0.340. The monoisotopic (exact) mass is 275 g/mol. The maximum Gasteiger partial charge on any atom is 0.224 e. The van der Waals surface area contributed by atoms with E-state index in [1.807, 2.05) is 11.2 Å². The number of thioether (sulfide) groups is 1. The molecule has 0 aromatic heterocycles. The molecule has 104 valence electrons. The smallest absolute Gasteiger partial charge is 0.224 e. The number of likely N-dealkylation sites (tertiary alicyclic amines) is 1. The Kier molecular flexibility index (Phi) is 5.74. The summed E-state index contributed by atoms with van der Waals surface area (Å²) in [6.45, 7) is 1.72. The lowest BCUT2D eigenvalue weighted by atomic mass is 9.94. The third-order valence-corrected chi connectivity index (χ3v) is 4.81. The normalized spacial score (nSPS) is 19.9. The fourth-order valence-electron chi connectivity index (χ4n) is 2.12. The summed E-state index contributed by atoms with van der Waals surface area (Å²) in [6.07, 6.45) is 3.78. The fourth-order valence-corrected chi connectivity index (χ4v) is 2.96. The van der Waals surface area contributed by atoms with Crippen LogP contribution in [-0.2, 0) is 9.53 Å². The Morgan fingerprint density at radius 2 is 2.17 bits per heavy atom. The van der Waals surface area contributed by atoms with E-state index in [0.717, 1.165) is 0 Å². The van der Waals surface area contributed by atoms with E-state index in [-0.39, 0.29) is 16.5 Å². The number of ether oxygens (including phenoxy) is 1. The summed E-state index contributed by atoms with van der Waals surface area (Å²) in [4.78, 5) is 13.6. The van der Waals surface area contributed by atoms with Crippen LogP contribution in [0.4, 0.5) is 0 Å². The first kappa shape index (κ1) is 15.1. The summed E-state index contributed by atoms with van der Waals surface area (Å²) in [5, 5.41) is 12.0. The Morgan fingerprint density at radius 1 is 1.56 bits per heavy atom. The van der Waals surface area contributed by atoms with Crippen LogP contribution in [0.5, 0.6) is 0 Å². The molecule has 1 fully saturated rings. The molecule has 18 heavy (non-hydrogen) atoms. The number of nitrogens with two attached hydrogens (primary N) is 1. The van der Waals surface area contributed by atoms with Crippen molar-refractivity contribution in [1.82, 2.24) is 4.90 Å². The zero-order valence-corrected chi connectivity index (χ0v) is 11.7. The summed E-state index contributed by atoms with van der Waals surface area (Å²) < 4.78 is 4.56. The zero-order valence-electron chi connectivity index (χ0n) is 10.9. The number of amides is 1. The van der Waals surface area contributed by atoms with Crippen LogP contribution in [0.15, 0.2) is 5.16 Å². The molecule has 0 saturated carbocycles. The molecule has 0 aliphatic carbocycles. The molecule has 6 nitrogen and oxygen atoms in total. The number of carbonyl (C=O) groups is 1. The van der Waals surface area contributed by atoms with Gasteiger partial charge in [0.1, 0.15) is 0 Å². The van der Waals surface area contributed by atoms with Crippen LogP contribution >= 0.6 is 11.8 Å². The van der Waals surface area contributed by atoms with Gasteiger partial charge in [-0.3, -0.25) is 4.79 Å². The van der Waals surface area contributed by atoms with Crippen molar-refractivity contribution in [3.8, 4) is 0 Å². The average molecular weight is 275 g/mol. The molecule has 0 unspecified atom stereocenters. The summed E-state index contributed by atoms with van der Waals surface area (Å²) in [6, 6.07) is 0. The predicted molar refractivity (Wildman–Crippen MR) is 72.0 cm³/mol. The van der Waals surface area contributed by atoms with Gasteiger partial charge in [-0.05, 0) is 19.1 Å². The molecule has 0 atom stereocenters. The number of carbonyl (C=O) groups excluding carboxylic acids is 1. The molecule has 3 N–H and O–H groups in total. The highest BCUT2D eigenvalue weighted by Crippen LogP contribution is 2.34. The van der Waals surface area contributed by atoms with E-state index in [1.165, 1.54) is 0 Å². The Labute approximate surface area is 112 Å². The van der Waals surface area contributed by atoms with E-state index in [2.05, 4.69) is 5.16 Å². The largest absolute Gasteiger partial charge is 0.409 e. The van der Waals surface area contributed by atoms with Crippen molar-refractivity contribution >= 4 is 23.5 Å². The molecule has 0 bridgehead atoms. The van der Waals surface area contributed by atoms with E-state index in [0.29, 0.717) is 39.0 Å². The molecule has 1 aliphatic heterocycles. The van der Waals surface area contributed by atoms with Crippen molar-refractivity contribution in [3.05, 3.63) is 0 Å². The molecular weight excluding hydrogens is 254 g/mol. The van der Waals surface area contributed by atoms with Crippen molar-refractivity contribution < 1.29 is 14.7 Å². The molecule has 0 spiro atoms. The second-order valence-corrected chi connectivity index (χ2v) is 5.50. The van der Waals surface area contributed by atoms with Gasteiger partial charge in [0.25, 0.3) is 0 Å². The quantitative estimate of drug-likeness (QED) is 0.330. The van der Waals surface area contributed by atoms with Gasteiger partial charge in [0.15, 0.2) is 5.84 Å². The maximum absolute atomic E-state index is 11.8. The minimum absolute atomic E-state index is 0.103. The lowest BCUT2D eigenvalue weighted by Crippen LogP contribution is -2.51. The van der Waals surface area contributed by atoms with Crippen LogP contribution in [0, 0.1) is 0 Å².